The molecule has 0 heterocycles. The second-order valence-electron chi connectivity index (χ2n) is 10.1. The third kappa shape index (κ3) is 8.34. The van der Waals surface area contributed by atoms with Crippen molar-refractivity contribution in [3.8, 4) is 11.5 Å². The van der Waals surface area contributed by atoms with Crippen LogP contribution in [0.2, 0.25) is 5.02 Å². The maximum Gasteiger partial charge on any atom is 0.264 e. The summed E-state index contributed by atoms with van der Waals surface area (Å²) in [5.41, 5.74) is 1.71. The first-order valence-electron chi connectivity index (χ1n) is 14.3. The zero-order valence-electron chi connectivity index (χ0n) is 25.4. The minimum Gasteiger partial charge on any atom is -0.497 e. The molecule has 4 rings (SSSR count). The lowest BCUT2D eigenvalue weighted by Gasteiger charge is -2.34. The highest BCUT2D eigenvalue weighted by Crippen LogP contribution is 2.32. The lowest BCUT2D eigenvalue weighted by Crippen LogP contribution is -2.53. The average molecular weight is 650 g/mol. The molecule has 0 radical (unpaired) electrons. The molecule has 45 heavy (non-hydrogen) atoms. The van der Waals surface area contributed by atoms with Crippen molar-refractivity contribution in [2.45, 2.75) is 30.8 Å². The molecule has 0 saturated carbocycles. The van der Waals surface area contributed by atoms with Gasteiger partial charge in [0.25, 0.3) is 10.0 Å². The van der Waals surface area contributed by atoms with Crippen molar-refractivity contribution < 1.29 is 27.5 Å². The largest absolute Gasteiger partial charge is 0.497 e. The highest BCUT2D eigenvalue weighted by atomic mass is 35.5. The summed E-state index contributed by atoms with van der Waals surface area (Å²) >= 11 is 6.42. The standard InChI is InChI=1S/C34H36ClN3O6S/c1-4-36-34(40)31(21-25-12-7-5-8-13-25)37(23-26-14-11-15-28(20-26)43-2)33(39)24-38(27-18-19-32(44-3)30(35)22-27)45(41,42)29-16-9-6-10-17-29/h5-20,22,31H,4,21,23-24H2,1-3H3,(H,36,40). The number of halogens is 1. The van der Waals surface area contributed by atoms with E-state index in [1.807, 2.05) is 36.4 Å². The minimum atomic E-state index is -4.25. The first-order chi connectivity index (χ1) is 21.7. The SMILES string of the molecule is CCNC(=O)C(Cc1ccccc1)N(Cc1cccc(OC)c1)C(=O)CN(c1ccc(OC)c(Cl)c1)S(=O)(=O)c1ccccc1. The smallest absolute Gasteiger partial charge is 0.264 e. The number of nitrogens with one attached hydrogen (secondary N) is 1. The predicted molar refractivity (Wildman–Crippen MR) is 175 cm³/mol. The number of anilines is 1. The summed E-state index contributed by atoms with van der Waals surface area (Å²) in [7, 11) is -1.26. The Labute approximate surface area is 269 Å². The summed E-state index contributed by atoms with van der Waals surface area (Å²) in [5.74, 6) is -0.0136. The summed E-state index contributed by atoms with van der Waals surface area (Å²) in [6.45, 7) is 1.57. The molecule has 0 aliphatic rings. The lowest BCUT2D eigenvalue weighted by molar-refractivity contribution is -0.140. The molecule has 0 spiro atoms. The van der Waals surface area contributed by atoms with E-state index in [4.69, 9.17) is 21.1 Å². The molecule has 0 aromatic heterocycles. The summed E-state index contributed by atoms with van der Waals surface area (Å²) in [4.78, 5) is 29.5. The molecule has 236 valence electrons. The van der Waals surface area contributed by atoms with Crippen LogP contribution in [0.4, 0.5) is 5.69 Å². The lowest BCUT2D eigenvalue weighted by atomic mass is 10.0. The molecule has 1 atom stereocenters. The topological polar surface area (TPSA) is 105 Å². The number of amides is 2. The number of rotatable bonds is 14. The number of methoxy groups -OCH3 is 2. The van der Waals surface area contributed by atoms with Crippen molar-refractivity contribution in [2.24, 2.45) is 0 Å². The third-order valence-electron chi connectivity index (χ3n) is 7.14. The Kier molecular flexibility index (Phi) is 11.5. The number of hydrogen-bond donors (Lipinski definition) is 1. The summed E-state index contributed by atoms with van der Waals surface area (Å²) in [5, 5.41) is 3.02. The number of likely N-dealkylation sites (N-methyl/N-ethyl adjacent to an activating group) is 1. The molecular weight excluding hydrogens is 614 g/mol. The number of carbonyl (C=O) groups excluding carboxylic acids is 2. The van der Waals surface area contributed by atoms with E-state index in [9.17, 15) is 18.0 Å². The van der Waals surface area contributed by atoms with Crippen LogP contribution in [0, 0.1) is 0 Å². The highest BCUT2D eigenvalue weighted by molar-refractivity contribution is 7.92. The van der Waals surface area contributed by atoms with E-state index >= 15 is 0 Å². The Morgan fingerprint density at radius 2 is 1.51 bits per heavy atom. The Hall–Kier alpha value is -4.54. The van der Waals surface area contributed by atoms with Gasteiger partial charge in [-0.3, -0.25) is 13.9 Å². The van der Waals surface area contributed by atoms with Gasteiger partial charge in [-0.15, -0.1) is 0 Å². The van der Waals surface area contributed by atoms with Crippen LogP contribution >= 0.6 is 11.6 Å². The first kappa shape index (κ1) is 33.4. The van der Waals surface area contributed by atoms with Crippen LogP contribution < -0.4 is 19.1 Å². The van der Waals surface area contributed by atoms with E-state index in [0.29, 0.717) is 23.6 Å². The molecule has 2 amide bonds. The third-order valence-corrected chi connectivity index (χ3v) is 9.23. The molecule has 1 unspecified atom stereocenters. The van der Waals surface area contributed by atoms with Gasteiger partial charge < -0.3 is 19.7 Å². The van der Waals surface area contributed by atoms with Gasteiger partial charge in [-0.2, -0.15) is 0 Å². The highest BCUT2D eigenvalue weighted by Gasteiger charge is 2.34. The van der Waals surface area contributed by atoms with E-state index in [0.717, 1.165) is 9.87 Å². The van der Waals surface area contributed by atoms with Gasteiger partial charge >= 0.3 is 0 Å². The van der Waals surface area contributed by atoms with Gasteiger partial charge in [0.05, 0.1) is 29.8 Å². The molecule has 0 aliphatic carbocycles. The van der Waals surface area contributed by atoms with Crippen molar-refractivity contribution in [3.05, 3.63) is 119 Å². The van der Waals surface area contributed by atoms with Gasteiger partial charge in [0.2, 0.25) is 11.8 Å². The predicted octanol–water partition coefficient (Wildman–Crippen LogP) is 5.33. The summed E-state index contributed by atoms with van der Waals surface area (Å²) in [6, 6.07) is 27.9. The number of benzene rings is 4. The van der Waals surface area contributed by atoms with Crippen molar-refractivity contribution in [3.63, 3.8) is 0 Å². The Balaban J connectivity index is 1.82. The van der Waals surface area contributed by atoms with E-state index in [2.05, 4.69) is 5.32 Å². The summed E-state index contributed by atoms with van der Waals surface area (Å²) in [6.07, 6.45) is 0.210. The fraction of sp³-hybridized carbons (Fsp3) is 0.235. The fourth-order valence-electron chi connectivity index (χ4n) is 4.87. The maximum absolute atomic E-state index is 14.5. The number of sulfonamides is 1. The zero-order valence-corrected chi connectivity index (χ0v) is 26.9. The molecule has 4 aromatic rings. The van der Waals surface area contributed by atoms with Crippen LogP contribution in [0.1, 0.15) is 18.1 Å². The van der Waals surface area contributed by atoms with E-state index < -0.39 is 28.5 Å². The molecular formula is C34H36ClN3O6S. The number of carbonyl (C=O) groups is 2. The number of nitrogens with zero attached hydrogens (tertiary/aromatic N) is 2. The van der Waals surface area contributed by atoms with Gasteiger partial charge in [0.1, 0.15) is 24.1 Å². The van der Waals surface area contributed by atoms with Crippen LogP contribution in [0.15, 0.2) is 108 Å². The summed E-state index contributed by atoms with van der Waals surface area (Å²) < 4.78 is 39.8. The zero-order chi connectivity index (χ0) is 32.4. The molecule has 9 nitrogen and oxygen atoms in total. The van der Waals surface area contributed by atoms with Gasteiger partial charge in [-0.05, 0) is 60.5 Å². The van der Waals surface area contributed by atoms with Crippen LogP contribution in [-0.4, -0.2) is 58.5 Å². The second kappa shape index (κ2) is 15.5. The quantitative estimate of drug-likeness (QED) is 0.198. The van der Waals surface area contributed by atoms with Crippen molar-refractivity contribution in [1.82, 2.24) is 10.2 Å². The molecule has 0 aliphatic heterocycles. The van der Waals surface area contributed by atoms with Crippen molar-refractivity contribution in [1.29, 1.82) is 0 Å². The van der Waals surface area contributed by atoms with Crippen molar-refractivity contribution >= 4 is 39.1 Å². The number of hydrogen-bond acceptors (Lipinski definition) is 6. The van der Waals surface area contributed by atoms with Crippen LogP contribution in [0.5, 0.6) is 11.5 Å². The Morgan fingerprint density at radius 3 is 2.13 bits per heavy atom. The van der Waals surface area contributed by atoms with Gasteiger partial charge in [-0.1, -0.05) is 72.3 Å². The second-order valence-corrected chi connectivity index (χ2v) is 12.4. The molecule has 0 fully saturated rings. The van der Waals surface area contributed by atoms with E-state index in [1.54, 1.807) is 50.4 Å². The van der Waals surface area contributed by atoms with Crippen LogP contribution in [0.25, 0.3) is 0 Å². The molecule has 0 saturated heterocycles. The molecule has 0 bridgehead atoms. The number of ether oxygens (including phenoxy) is 2. The molecule has 4 aromatic carbocycles. The molecule has 11 heteroatoms. The first-order valence-corrected chi connectivity index (χ1v) is 16.1. The fourth-order valence-corrected chi connectivity index (χ4v) is 6.55. The monoisotopic (exact) mass is 649 g/mol. The van der Waals surface area contributed by atoms with Crippen LogP contribution in [-0.2, 0) is 32.6 Å². The molecule has 1 N–H and O–H groups in total. The maximum atomic E-state index is 14.5. The van der Waals surface area contributed by atoms with Crippen molar-refractivity contribution in [2.75, 3.05) is 31.6 Å². The van der Waals surface area contributed by atoms with E-state index in [1.165, 1.54) is 42.3 Å². The minimum absolute atomic E-state index is 0.00588. The van der Waals surface area contributed by atoms with E-state index in [-0.39, 0.29) is 34.5 Å². The Bertz CT molecular complexity index is 1700. The van der Waals surface area contributed by atoms with Gasteiger partial charge in [0.15, 0.2) is 0 Å². The van der Waals surface area contributed by atoms with Gasteiger partial charge in [-0.25, -0.2) is 8.42 Å². The Morgan fingerprint density at radius 1 is 0.844 bits per heavy atom. The average Bonchev–Trinajstić information content (AvgIpc) is 3.06. The van der Waals surface area contributed by atoms with Gasteiger partial charge in [0, 0.05) is 19.5 Å². The normalized spacial score (nSPS) is 11.7. The van der Waals surface area contributed by atoms with Crippen LogP contribution in [0.3, 0.4) is 0 Å².